The minimum atomic E-state index is -0.990. The van der Waals surface area contributed by atoms with Crippen molar-refractivity contribution < 1.29 is 14.0 Å². The second-order valence-corrected chi connectivity index (χ2v) is 5.64. The first-order valence-corrected chi connectivity index (χ1v) is 7.78. The maximum Gasteiger partial charge on any atom is 0.247 e. The molecule has 1 aromatic carbocycles. The van der Waals surface area contributed by atoms with Crippen molar-refractivity contribution in [2.75, 3.05) is 0 Å². The Kier molecular flexibility index (Phi) is 4.81. The number of carbonyl (C=O) groups excluding carboxylic acids is 2. The van der Waals surface area contributed by atoms with E-state index in [-0.39, 0.29) is 17.6 Å². The highest BCUT2D eigenvalue weighted by molar-refractivity contribution is 7.80. The SMILES string of the molecule is O=C1NC(=S)N(Cc2ccccc2)C(=O)C1C=NCc1ccco1. The first kappa shape index (κ1) is 16.1. The molecular formula is C17H15N3O3S. The molecule has 6 nitrogen and oxygen atoms in total. The van der Waals surface area contributed by atoms with E-state index in [1.807, 2.05) is 30.3 Å². The number of hydrogen-bond acceptors (Lipinski definition) is 5. The molecule has 1 saturated heterocycles. The molecule has 2 amide bonds. The van der Waals surface area contributed by atoms with E-state index in [0.717, 1.165) is 5.56 Å². The Balaban J connectivity index is 1.72. The molecule has 3 rings (SSSR count). The Morgan fingerprint density at radius 1 is 1.21 bits per heavy atom. The summed E-state index contributed by atoms with van der Waals surface area (Å²) in [5.41, 5.74) is 0.927. The first-order valence-electron chi connectivity index (χ1n) is 7.37. The normalized spacial score (nSPS) is 18.2. The highest BCUT2D eigenvalue weighted by Crippen LogP contribution is 2.14. The predicted molar refractivity (Wildman–Crippen MR) is 92.1 cm³/mol. The molecular weight excluding hydrogens is 326 g/mol. The number of benzene rings is 1. The van der Waals surface area contributed by atoms with E-state index in [1.54, 1.807) is 18.4 Å². The average Bonchev–Trinajstić information content (AvgIpc) is 3.09. The van der Waals surface area contributed by atoms with Crippen molar-refractivity contribution in [3.63, 3.8) is 0 Å². The minimum absolute atomic E-state index is 0.115. The number of rotatable bonds is 5. The molecule has 2 heterocycles. The van der Waals surface area contributed by atoms with Crippen molar-refractivity contribution in [3.8, 4) is 0 Å². The van der Waals surface area contributed by atoms with Crippen molar-refractivity contribution in [2.45, 2.75) is 13.1 Å². The van der Waals surface area contributed by atoms with Gasteiger partial charge >= 0.3 is 0 Å². The first-order chi connectivity index (χ1) is 11.6. The average molecular weight is 341 g/mol. The van der Waals surface area contributed by atoms with Crippen LogP contribution in [0, 0.1) is 5.92 Å². The Bertz CT molecular complexity index is 772. The number of carbonyl (C=O) groups is 2. The number of aliphatic imine (C=N–C) groups is 1. The number of nitrogens with zero attached hydrogens (tertiary/aromatic N) is 2. The summed E-state index contributed by atoms with van der Waals surface area (Å²) in [6.07, 6.45) is 2.89. The van der Waals surface area contributed by atoms with E-state index in [9.17, 15) is 9.59 Å². The zero-order chi connectivity index (χ0) is 16.9. The van der Waals surface area contributed by atoms with E-state index in [1.165, 1.54) is 11.1 Å². The highest BCUT2D eigenvalue weighted by atomic mass is 32.1. The minimum Gasteiger partial charge on any atom is -0.467 e. The van der Waals surface area contributed by atoms with Gasteiger partial charge < -0.3 is 9.73 Å². The van der Waals surface area contributed by atoms with Crippen LogP contribution >= 0.6 is 12.2 Å². The lowest BCUT2D eigenvalue weighted by molar-refractivity contribution is -0.138. The predicted octanol–water partition coefficient (Wildman–Crippen LogP) is 1.91. The molecule has 1 N–H and O–H groups in total. The van der Waals surface area contributed by atoms with Crippen LogP contribution in [0.4, 0.5) is 0 Å². The Morgan fingerprint density at radius 3 is 2.71 bits per heavy atom. The van der Waals surface area contributed by atoms with Gasteiger partial charge in [-0.2, -0.15) is 0 Å². The number of nitrogens with one attached hydrogen (secondary N) is 1. The summed E-state index contributed by atoms with van der Waals surface area (Å²) in [6.45, 7) is 0.578. The molecule has 1 aliphatic heterocycles. The van der Waals surface area contributed by atoms with E-state index < -0.39 is 11.8 Å². The molecule has 1 atom stereocenters. The zero-order valence-electron chi connectivity index (χ0n) is 12.7. The van der Waals surface area contributed by atoms with Crippen LogP contribution in [0.2, 0.25) is 0 Å². The molecule has 24 heavy (non-hydrogen) atoms. The summed E-state index contributed by atoms with van der Waals surface area (Å²) in [7, 11) is 0. The van der Waals surface area contributed by atoms with Crippen LogP contribution < -0.4 is 5.32 Å². The largest absolute Gasteiger partial charge is 0.467 e. The van der Waals surface area contributed by atoms with Crippen LogP contribution in [-0.2, 0) is 22.7 Å². The molecule has 1 aromatic heterocycles. The highest BCUT2D eigenvalue weighted by Gasteiger charge is 2.37. The quantitative estimate of drug-likeness (QED) is 0.512. The smallest absolute Gasteiger partial charge is 0.247 e. The molecule has 0 spiro atoms. The molecule has 7 heteroatoms. The number of hydrogen-bond donors (Lipinski definition) is 1. The van der Waals surface area contributed by atoms with Gasteiger partial charge in [0.05, 0.1) is 19.4 Å². The molecule has 2 aromatic rings. The third kappa shape index (κ3) is 3.57. The topological polar surface area (TPSA) is 74.9 Å². The fourth-order valence-electron chi connectivity index (χ4n) is 2.33. The van der Waals surface area contributed by atoms with Crippen LogP contribution in [0.3, 0.4) is 0 Å². The van der Waals surface area contributed by atoms with Crippen LogP contribution in [0.25, 0.3) is 0 Å². The standard InChI is InChI=1S/C17H15N3O3S/c21-15-14(10-18-9-13-7-4-8-23-13)16(22)20(17(24)19-15)11-12-5-2-1-3-6-12/h1-8,10,14H,9,11H2,(H,19,21,24). The third-order valence-electron chi connectivity index (χ3n) is 3.56. The number of thiocarbonyl (C=S) groups is 1. The van der Waals surface area contributed by atoms with Crippen molar-refractivity contribution in [3.05, 3.63) is 60.1 Å². The number of amides is 2. The Labute approximate surface area is 144 Å². The maximum absolute atomic E-state index is 12.6. The van der Waals surface area contributed by atoms with E-state index >= 15 is 0 Å². The fraction of sp³-hybridized carbons (Fsp3) is 0.176. The van der Waals surface area contributed by atoms with Crippen LogP contribution in [0.15, 0.2) is 58.1 Å². The molecule has 0 bridgehead atoms. The van der Waals surface area contributed by atoms with Gasteiger partial charge in [-0.3, -0.25) is 19.5 Å². The van der Waals surface area contributed by atoms with E-state index in [0.29, 0.717) is 12.3 Å². The lowest BCUT2D eigenvalue weighted by atomic mass is 10.1. The van der Waals surface area contributed by atoms with Gasteiger partial charge in [0.25, 0.3) is 0 Å². The lowest BCUT2D eigenvalue weighted by Gasteiger charge is -2.31. The third-order valence-corrected chi connectivity index (χ3v) is 3.88. The van der Waals surface area contributed by atoms with Crippen molar-refractivity contribution in [2.24, 2.45) is 10.9 Å². The molecule has 122 valence electrons. The van der Waals surface area contributed by atoms with Crippen molar-refractivity contribution in [1.82, 2.24) is 10.2 Å². The molecule has 0 radical (unpaired) electrons. The Hall–Kier alpha value is -2.80. The van der Waals surface area contributed by atoms with Gasteiger partial charge in [0.2, 0.25) is 11.8 Å². The summed E-state index contributed by atoms with van der Waals surface area (Å²) in [4.78, 5) is 30.2. The molecule has 0 saturated carbocycles. The van der Waals surface area contributed by atoms with Gasteiger partial charge in [0.15, 0.2) is 11.0 Å². The maximum atomic E-state index is 12.6. The fourth-order valence-corrected chi connectivity index (χ4v) is 2.58. The van der Waals surface area contributed by atoms with Gasteiger partial charge in [0, 0.05) is 6.21 Å². The molecule has 1 fully saturated rings. The van der Waals surface area contributed by atoms with Gasteiger partial charge in [-0.05, 0) is 29.9 Å². The summed E-state index contributed by atoms with van der Waals surface area (Å²) < 4.78 is 5.16. The monoisotopic (exact) mass is 341 g/mol. The lowest BCUT2D eigenvalue weighted by Crippen LogP contribution is -2.57. The van der Waals surface area contributed by atoms with Gasteiger partial charge in [-0.15, -0.1) is 0 Å². The summed E-state index contributed by atoms with van der Waals surface area (Å²) in [5.74, 6) is -1.17. The van der Waals surface area contributed by atoms with Crippen molar-refractivity contribution >= 4 is 35.4 Å². The summed E-state index contributed by atoms with van der Waals surface area (Å²) >= 11 is 5.12. The zero-order valence-corrected chi connectivity index (χ0v) is 13.5. The summed E-state index contributed by atoms with van der Waals surface area (Å²) in [5, 5.41) is 2.67. The van der Waals surface area contributed by atoms with Gasteiger partial charge in [-0.25, -0.2) is 0 Å². The Morgan fingerprint density at radius 2 is 2.00 bits per heavy atom. The van der Waals surface area contributed by atoms with E-state index in [4.69, 9.17) is 16.6 Å². The van der Waals surface area contributed by atoms with Crippen molar-refractivity contribution in [1.29, 1.82) is 0 Å². The molecule has 1 aliphatic rings. The van der Waals surface area contributed by atoms with Crippen LogP contribution in [-0.4, -0.2) is 28.0 Å². The number of furan rings is 1. The molecule has 1 unspecified atom stereocenters. The molecule has 0 aliphatic carbocycles. The van der Waals surface area contributed by atoms with Gasteiger partial charge in [0.1, 0.15) is 5.76 Å². The summed E-state index contributed by atoms with van der Waals surface area (Å²) in [6, 6.07) is 13.0. The van der Waals surface area contributed by atoms with Gasteiger partial charge in [-0.1, -0.05) is 30.3 Å². The second-order valence-electron chi connectivity index (χ2n) is 5.25. The second kappa shape index (κ2) is 7.18. The van der Waals surface area contributed by atoms with Crippen LogP contribution in [0.1, 0.15) is 11.3 Å². The van der Waals surface area contributed by atoms with Crippen LogP contribution in [0.5, 0.6) is 0 Å². The van der Waals surface area contributed by atoms with E-state index in [2.05, 4.69) is 10.3 Å².